The number of nitrogens with zero attached hydrogens (tertiary/aromatic N) is 4. The summed E-state index contributed by atoms with van der Waals surface area (Å²) >= 11 is 0. The highest BCUT2D eigenvalue weighted by molar-refractivity contribution is 6.21. The molecule has 2 atom stereocenters. The van der Waals surface area contributed by atoms with Crippen LogP contribution in [0, 0.1) is 0 Å². The quantitative estimate of drug-likeness (QED) is 0.288. The van der Waals surface area contributed by atoms with Gasteiger partial charge in [-0.05, 0) is 22.7 Å². The third kappa shape index (κ3) is 3.49. The number of aliphatic hydroxyl groups is 1. The van der Waals surface area contributed by atoms with Crippen LogP contribution >= 0.6 is 0 Å². The minimum atomic E-state index is -0.864. The number of carbonyl (C=O) groups excluding carboxylic acids is 2. The van der Waals surface area contributed by atoms with E-state index in [2.05, 4.69) is 10.3 Å². The van der Waals surface area contributed by atoms with Crippen LogP contribution in [-0.2, 0) is 4.79 Å². The highest BCUT2D eigenvalue weighted by Gasteiger charge is 2.50. The van der Waals surface area contributed by atoms with Gasteiger partial charge in [-0.2, -0.15) is 0 Å². The highest BCUT2D eigenvalue weighted by atomic mass is 16.3. The third-order valence-corrected chi connectivity index (χ3v) is 4.67. The van der Waals surface area contributed by atoms with Gasteiger partial charge in [0.25, 0.3) is 24.1 Å². The molecule has 0 spiro atoms. The van der Waals surface area contributed by atoms with E-state index in [9.17, 15) is 24.9 Å². The van der Waals surface area contributed by atoms with E-state index in [0.29, 0.717) is 24.5 Å². The Morgan fingerprint density at radius 2 is 1.96 bits per heavy atom. The summed E-state index contributed by atoms with van der Waals surface area (Å²) in [6.45, 7) is 1.14. The summed E-state index contributed by atoms with van der Waals surface area (Å²) in [6, 6.07) is 3.11. The van der Waals surface area contributed by atoms with Gasteiger partial charge in [-0.15, -0.1) is 0 Å². The topological polar surface area (TPSA) is 129 Å². The lowest BCUT2D eigenvalue weighted by atomic mass is 10.1. The van der Waals surface area contributed by atoms with E-state index >= 15 is 0 Å². The van der Waals surface area contributed by atoms with Gasteiger partial charge in [-0.1, -0.05) is 6.07 Å². The largest absolute Gasteiger partial charge is 0.504 e. The number of amides is 3. The molecule has 144 valence electrons. The van der Waals surface area contributed by atoms with Crippen molar-refractivity contribution in [1.82, 2.24) is 15.1 Å². The molecular weight excluding hydrogens is 354 g/mol. The fourth-order valence-electron chi connectivity index (χ4n) is 3.04. The molecule has 1 fully saturated rings. The number of likely N-dealkylation sites (N-methyl/N-ethyl adjacent to an activating group) is 2. The molecule has 27 heavy (non-hydrogen) atoms. The first-order valence-electron chi connectivity index (χ1n) is 8.44. The maximum absolute atomic E-state index is 12.4. The molecule has 10 heteroatoms. The molecule has 0 radical (unpaired) electrons. The summed E-state index contributed by atoms with van der Waals surface area (Å²) in [7, 11) is 3.02. The molecule has 2 aliphatic heterocycles. The van der Waals surface area contributed by atoms with Crippen LogP contribution in [0.1, 0.15) is 11.7 Å². The Bertz CT molecular complexity index is 837. The maximum Gasteiger partial charge on any atom is 0.333 e. The monoisotopic (exact) mass is 376 g/mol. The first kappa shape index (κ1) is 18.8. The molecule has 10 nitrogen and oxygen atoms in total. The van der Waals surface area contributed by atoms with Crippen molar-refractivity contribution in [2.75, 3.05) is 33.7 Å². The zero-order valence-corrected chi connectivity index (χ0v) is 15.0. The van der Waals surface area contributed by atoms with Crippen molar-refractivity contribution in [2.24, 2.45) is 4.99 Å². The predicted molar refractivity (Wildman–Crippen MR) is 95.9 cm³/mol. The minimum Gasteiger partial charge on any atom is -0.504 e. The minimum absolute atomic E-state index is 0.225. The average Bonchev–Trinajstić information content (AvgIpc) is 3.08. The zero-order chi connectivity index (χ0) is 19.7. The number of imide groups is 1. The van der Waals surface area contributed by atoms with Gasteiger partial charge in [0.05, 0.1) is 12.6 Å². The number of phenolic OH excluding ortho intramolecular Hbond substituents is 2. The van der Waals surface area contributed by atoms with Crippen molar-refractivity contribution < 1.29 is 29.5 Å². The van der Waals surface area contributed by atoms with Crippen LogP contribution in [0.3, 0.4) is 0 Å². The van der Waals surface area contributed by atoms with E-state index in [0.717, 1.165) is 4.90 Å². The fraction of sp³-hybridized carbons (Fsp3) is 0.412. The summed E-state index contributed by atoms with van der Waals surface area (Å²) in [6.07, 6.45) is 0.675. The van der Waals surface area contributed by atoms with Gasteiger partial charge < -0.3 is 20.6 Å². The number of hydrogen-bond donors (Lipinski definition) is 4. The number of nitrogens with one attached hydrogen (secondary N) is 1. The number of carbonyl (C=O) groups is 2. The highest BCUT2D eigenvalue weighted by Crippen LogP contribution is 2.27. The smallest absolute Gasteiger partial charge is 0.333 e. The molecule has 3 rings (SSSR count). The van der Waals surface area contributed by atoms with Crippen molar-refractivity contribution in [1.29, 1.82) is 0 Å². The second-order valence-corrected chi connectivity index (χ2v) is 6.45. The lowest BCUT2D eigenvalue weighted by molar-refractivity contribution is -0.529. The molecule has 0 bridgehead atoms. The molecule has 2 unspecified atom stereocenters. The molecule has 0 aromatic heterocycles. The van der Waals surface area contributed by atoms with Gasteiger partial charge in [0.2, 0.25) is 0 Å². The summed E-state index contributed by atoms with van der Waals surface area (Å²) in [5.74, 6) is -0.459. The molecule has 1 saturated heterocycles. The van der Waals surface area contributed by atoms with Crippen LogP contribution in [-0.4, -0.2) is 93.6 Å². The van der Waals surface area contributed by atoms with Crippen molar-refractivity contribution in [3.63, 3.8) is 0 Å². The lowest BCUT2D eigenvalue weighted by Gasteiger charge is -2.30. The normalized spacial score (nSPS) is 20.5. The van der Waals surface area contributed by atoms with E-state index in [1.807, 2.05) is 0 Å². The van der Waals surface area contributed by atoms with E-state index in [-0.39, 0.29) is 24.0 Å². The van der Waals surface area contributed by atoms with E-state index in [1.54, 1.807) is 11.6 Å². The van der Waals surface area contributed by atoms with Gasteiger partial charge >= 0.3 is 6.03 Å². The second kappa shape index (κ2) is 7.33. The van der Waals surface area contributed by atoms with Gasteiger partial charge in [-0.3, -0.25) is 14.6 Å². The fourth-order valence-corrected chi connectivity index (χ4v) is 3.04. The van der Waals surface area contributed by atoms with Crippen LogP contribution in [0.5, 0.6) is 11.5 Å². The Labute approximate surface area is 155 Å². The standard InChI is InChI=1S/C17H21N5O5/c1-20-15-14(16(26)21(2)17(20)27)22(9-19-15)6-5-18-8-13(25)10-3-4-11(23)12(24)7-10/h3-4,7,9,13-14,18,25H,5-6,8H2,1-2H3,(H-,23,24)/p+1. The van der Waals surface area contributed by atoms with Gasteiger partial charge in [0, 0.05) is 27.2 Å². The summed E-state index contributed by atoms with van der Waals surface area (Å²) < 4.78 is 1.74. The summed E-state index contributed by atoms with van der Waals surface area (Å²) in [5, 5.41) is 32.0. The van der Waals surface area contributed by atoms with Crippen LogP contribution in [0.2, 0.25) is 0 Å². The first-order chi connectivity index (χ1) is 12.8. The maximum atomic E-state index is 12.4. The zero-order valence-electron chi connectivity index (χ0n) is 15.0. The van der Waals surface area contributed by atoms with Crippen molar-refractivity contribution in [2.45, 2.75) is 12.1 Å². The number of rotatable bonds is 6. The molecule has 0 aliphatic carbocycles. The lowest BCUT2D eigenvalue weighted by Crippen LogP contribution is -2.61. The van der Waals surface area contributed by atoms with E-state index in [1.165, 1.54) is 36.5 Å². The number of benzene rings is 1. The molecule has 4 N–H and O–H groups in total. The SMILES string of the molecule is CN1C(=O)C2C(=NC=[N+]2CCNCC(O)c2ccc(O)c(O)c2)N(C)C1=O. The van der Waals surface area contributed by atoms with E-state index in [4.69, 9.17) is 0 Å². The first-order valence-corrected chi connectivity index (χ1v) is 8.44. The summed E-state index contributed by atoms with van der Waals surface area (Å²) in [4.78, 5) is 30.9. The number of hydrogen-bond acceptors (Lipinski definition) is 7. The van der Waals surface area contributed by atoms with Crippen molar-refractivity contribution >= 4 is 24.1 Å². The number of aliphatic hydroxyl groups excluding tert-OH is 1. The number of aromatic hydroxyl groups is 2. The van der Waals surface area contributed by atoms with Crippen LogP contribution in [0.25, 0.3) is 0 Å². The predicted octanol–water partition coefficient (Wildman–Crippen LogP) is -0.934. The molecule has 2 aliphatic rings. The number of fused-ring (bicyclic) bond motifs is 1. The molecule has 0 saturated carbocycles. The molecular formula is C17H22N5O5+. The van der Waals surface area contributed by atoms with Crippen LogP contribution in [0.15, 0.2) is 23.2 Å². The molecule has 3 amide bonds. The van der Waals surface area contributed by atoms with Crippen molar-refractivity contribution in [3.05, 3.63) is 23.8 Å². The Hall–Kier alpha value is -2.98. The van der Waals surface area contributed by atoms with Crippen LogP contribution in [0.4, 0.5) is 4.79 Å². The van der Waals surface area contributed by atoms with Crippen molar-refractivity contribution in [3.8, 4) is 11.5 Å². The number of urea groups is 1. The Morgan fingerprint density at radius 1 is 1.22 bits per heavy atom. The van der Waals surface area contributed by atoms with Gasteiger partial charge in [0.1, 0.15) is 0 Å². The molecule has 1 aromatic rings. The average molecular weight is 376 g/mol. The molecule has 1 aromatic carbocycles. The Balaban J connectivity index is 1.52. The summed E-state index contributed by atoms with van der Waals surface area (Å²) in [5.41, 5.74) is 0.473. The molecule has 2 heterocycles. The van der Waals surface area contributed by atoms with Crippen LogP contribution < -0.4 is 5.32 Å². The third-order valence-electron chi connectivity index (χ3n) is 4.67. The van der Waals surface area contributed by atoms with Gasteiger partial charge in [0.15, 0.2) is 11.5 Å². The number of aliphatic imine (C=N–C) groups is 1. The number of phenols is 2. The Morgan fingerprint density at radius 3 is 2.67 bits per heavy atom. The van der Waals surface area contributed by atoms with Gasteiger partial charge in [-0.25, -0.2) is 9.37 Å². The number of amidine groups is 1. The Kier molecular flexibility index (Phi) is 5.10. The second-order valence-electron chi connectivity index (χ2n) is 6.45. The van der Waals surface area contributed by atoms with E-state index < -0.39 is 18.2 Å².